The summed E-state index contributed by atoms with van der Waals surface area (Å²) in [7, 11) is 0. The fraction of sp³-hybridized carbons (Fsp3) is 0.500. The summed E-state index contributed by atoms with van der Waals surface area (Å²) in [5, 5.41) is 0. The first kappa shape index (κ1) is 11.7. The monoisotopic (exact) mass is 255 g/mol. The standard InChI is InChI=1S/C12H18BrN/c1-7(2)12(14)10-5-8(3)11(13)9(4)6-10/h5-7,12H,14H2,1-4H3. The molecule has 1 aromatic carbocycles. The molecule has 0 aliphatic carbocycles. The highest BCUT2D eigenvalue weighted by Crippen LogP contribution is 2.27. The summed E-state index contributed by atoms with van der Waals surface area (Å²) in [6.07, 6.45) is 0. The molecule has 0 saturated heterocycles. The lowest BCUT2D eigenvalue weighted by atomic mass is 9.94. The molecule has 0 saturated carbocycles. The Morgan fingerprint density at radius 3 is 1.93 bits per heavy atom. The lowest BCUT2D eigenvalue weighted by Gasteiger charge is -2.18. The molecule has 0 bridgehead atoms. The molecule has 1 atom stereocenters. The molecule has 2 heteroatoms. The molecule has 1 nitrogen and oxygen atoms in total. The van der Waals surface area contributed by atoms with Crippen molar-refractivity contribution >= 4 is 15.9 Å². The van der Waals surface area contributed by atoms with Crippen LogP contribution in [0.2, 0.25) is 0 Å². The van der Waals surface area contributed by atoms with Gasteiger partial charge >= 0.3 is 0 Å². The second kappa shape index (κ2) is 4.45. The average molecular weight is 256 g/mol. The minimum atomic E-state index is 0.139. The van der Waals surface area contributed by atoms with E-state index in [4.69, 9.17) is 5.73 Å². The van der Waals surface area contributed by atoms with Crippen LogP contribution in [0.15, 0.2) is 16.6 Å². The largest absolute Gasteiger partial charge is 0.324 e. The molecule has 14 heavy (non-hydrogen) atoms. The second-order valence-corrected chi connectivity index (χ2v) is 5.03. The summed E-state index contributed by atoms with van der Waals surface area (Å²) < 4.78 is 1.19. The van der Waals surface area contributed by atoms with E-state index in [2.05, 4.69) is 55.8 Å². The highest BCUT2D eigenvalue weighted by atomic mass is 79.9. The maximum absolute atomic E-state index is 6.11. The Labute approximate surface area is 94.8 Å². The van der Waals surface area contributed by atoms with E-state index in [1.807, 2.05) is 0 Å². The van der Waals surface area contributed by atoms with Crippen molar-refractivity contribution < 1.29 is 0 Å². The normalized spacial score (nSPS) is 13.4. The Hall–Kier alpha value is -0.340. The molecule has 0 aromatic heterocycles. The fourth-order valence-electron chi connectivity index (χ4n) is 1.56. The van der Waals surface area contributed by atoms with Gasteiger partial charge in [-0.2, -0.15) is 0 Å². The average Bonchev–Trinajstić information content (AvgIpc) is 2.12. The predicted octanol–water partition coefficient (Wildman–Crippen LogP) is 3.72. The third-order valence-corrected chi connectivity index (χ3v) is 3.81. The van der Waals surface area contributed by atoms with Crippen LogP contribution in [-0.2, 0) is 0 Å². The molecule has 0 aliphatic heterocycles. The lowest BCUT2D eigenvalue weighted by Crippen LogP contribution is -2.17. The van der Waals surface area contributed by atoms with Gasteiger partial charge in [0.15, 0.2) is 0 Å². The minimum absolute atomic E-state index is 0.139. The molecular formula is C12H18BrN. The third kappa shape index (κ3) is 2.37. The molecule has 0 heterocycles. The Morgan fingerprint density at radius 1 is 1.14 bits per heavy atom. The maximum Gasteiger partial charge on any atom is 0.0318 e. The maximum atomic E-state index is 6.11. The van der Waals surface area contributed by atoms with Gasteiger partial charge in [0.25, 0.3) is 0 Å². The van der Waals surface area contributed by atoms with Crippen LogP contribution in [-0.4, -0.2) is 0 Å². The highest BCUT2D eigenvalue weighted by Gasteiger charge is 2.12. The van der Waals surface area contributed by atoms with Crippen LogP contribution in [0.25, 0.3) is 0 Å². The Balaban J connectivity index is 3.12. The number of hydrogen-bond acceptors (Lipinski definition) is 1. The molecule has 1 rings (SSSR count). The minimum Gasteiger partial charge on any atom is -0.324 e. The third-order valence-electron chi connectivity index (χ3n) is 2.56. The van der Waals surface area contributed by atoms with Crippen LogP contribution in [0.1, 0.15) is 36.6 Å². The summed E-state index contributed by atoms with van der Waals surface area (Å²) in [6.45, 7) is 8.51. The molecule has 0 radical (unpaired) electrons. The van der Waals surface area contributed by atoms with Gasteiger partial charge in [-0.05, 0) is 36.5 Å². The Morgan fingerprint density at radius 2 is 1.57 bits per heavy atom. The van der Waals surface area contributed by atoms with Crippen molar-refractivity contribution in [2.75, 3.05) is 0 Å². The molecule has 1 aromatic rings. The highest BCUT2D eigenvalue weighted by molar-refractivity contribution is 9.10. The van der Waals surface area contributed by atoms with Gasteiger partial charge in [-0.15, -0.1) is 0 Å². The second-order valence-electron chi connectivity index (χ2n) is 4.24. The first-order chi connectivity index (χ1) is 6.43. The van der Waals surface area contributed by atoms with Crippen LogP contribution in [0, 0.1) is 19.8 Å². The number of halogens is 1. The number of aryl methyl sites for hydroxylation is 2. The van der Waals surface area contributed by atoms with Crippen LogP contribution in [0.5, 0.6) is 0 Å². The molecular weight excluding hydrogens is 238 g/mol. The van der Waals surface area contributed by atoms with Crippen molar-refractivity contribution in [2.45, 2.75) is 33.7 Å². The molecule has 1 unspecified atom stereocenters. The number of rotatable bonds is 2. The van der Waals surface area contributed by atoms with Gasteiger partial charge in [0, 0.05) is 10.5 Å². The predicted molar refractivity (Wildman–Crippen MR) is 65.4 cm³/mol. The van der Waals surface area contributed by atoms with Crippen LogP contribution >= 0.6 is 15.9 Å². The van der Waals surface area contributed by atoms with Crippen LogP contribution in [0.3, 0.4) is 0 Å². The van der Waals surface area contributed by atoms with Gasteiger partial charge in [-0.3, -0.25) is 0 Å². The molecule has 78 valence electrons. The van der Waals surface area contributed by atoms with E-state index >= 15 is 0 Å². The topological polar surface area (TPSA) is 26.0 Å². The number of hydrogen-bond donors (Lipinski definition) is 1. The van der Waals surface area contributed by atoms with E-state index in [0.29, 0.717) is 5.92 Å². The Bertz CT molecular complexity index is 308. The summed E-state index contributed by atoms with van der Waals surface area (Å²) >= 11 is 3.56. The zero-order valence-electron chi connectivity index (χ0n) is 9.26. The van der Waals surface area contributed by atoms with Gasteiger partial charge in [0.2, 0.25) is 0 Å². The molecule has 0 spiro atoms. The molecule has 2 N–H and O–H groups in total. The van der Waals surface area contributed by atoms with Crippen LogP contribution in [0.4, 0.5) is 0 Å². The number of benzene rings is 1. The van der Waals surface area contributed by atoms with Crippen molar-refractivity contribution in [3.8, 4) is 0 Å². The molecule has 0 aliphatic rings. The molecule has 0 amide bonds. The first-order valence-corrected chi connectivity index (χ1v) is 5.75. The quantitative estimate of drug-likeness (QED) is 0.857. The van der Waals surface area contributed by atoms with Crippen molar-refractivity contribution in [2.24, 2.45) is 11.7 Å². The lowest BCUT2D eigenvalue weighted by molar-refractivity contribution is 0.514. The zero-order valence-corrected chi connectivity index (χ0v) is 10.9. The van der Waals surface area contributed by atoms with Gasteiger partial charge in [-0.1, -0.05) is 41.9 Å². The van der Waals surface area contributed by atoms with Gasteiger partial charge < -0.3 is 5.73 Å². The summed E-state index contributed by atoms with van der Waals surface area (Å²) in [4.78, 5) is 0. The smallest absolute Gasteiger partial charge is 0.0318 e. The summed E-state index contributed by atoms with van der Waals surface area (Å²) in [6, 6.07) is 4.48. The SMILES string of the molecule is Cc1cc(C(N)C(C)C)cc(C)c1Br. The fourth-order valence-corrected chi connectivity index (χ4v) is 1.79. The zero-order chi connectivity index (χ0) is 10.9. The van der Waals surface area contributed by atoms with Crippen molar-refractivity contribution in [3.63, 3.8) is 0 Å². The molecule has 0 fully saturated rings. The van der Waals surface area contributed by atoms with Gasteiger partial charge in [0.1, 0.15) is 0 Å². The van der Waals surface area contributed by atoms with E-state index in [1.165, 1.54) is 21.2 Å². The van der Waals surface area contributed by atoms with Crippen molar-refractivity contribution in [1.29, 1.82) is 0 Å². The van der Waals surface area contributed by atoms with E-state index < -0.39 is 0 Å². The Kier molecular flexibility index (Phi) is 3.73. The van der Waals surface area contributed by atoms with Gasteiger partial charge in [-0.25, -0.2) is 0 Å². The van der Waals surface area contributed by atoms with E-state index in [-0.39, 0.29) is 6.04 Å². The summed E-state index contributed by atoms with van der Waals surface area (Å²) in [5.74, 6) is 0.481. The van der Waals surface area contributed by atoms with E-state index in [0.717, 1.165) is 0 Å². The summed E-state index contributed by atoms with van der Waals surface area (Å²) in [5.41, 5.74) is 9.87. The van der Waals surface area contributed by atoms with E-state index in [1.54, 1.807) is 0 Å². The van der Waals surface area contributed by atoms with Crippen molar-refractivity contribution in [3.05, 3.63) is 33.3 Å². The van der Waals surface area contributed by atoms with Crippen molar-refractivity contribution in [1.82, 2.24) is 0 Å². The number of nitrogens with two attached hydrogens (primary N) is 1. The van der Waals surface area contributed by atoms with E-state index in [9.17, 15) is 0 Å². The first-order valence-electron chi connectivity index (χ1n) is 4.95. The van der Waals surface area contributed by atoms with Gasteiger partial charge in [0.05, 0.1) is 0 Å². The van der Waals surface area contributed by atoms with Crippen LogP contribution < -0.4 is 5.73 Å².